The van der Waals surface area contributed by atoms with E-state index in [1.807, 2.05) is 30.3 Å². The standard InChI is InChI=1S/C15H22N2O4/c1-17-15(13(18)19,9-5-6-10-16)14(20)21-11-12-7-3-2-4-8-12/h2-4,7-8,17H,5-6,9-11,16H2,1H3,(H,18,19)/t15-/m0/s1. The topological polar surface area (TPSA) is 102 Å². The molecule has 0 fully saturated rings. The van der Waals surface area contributed by atoms with Gasteiger partial charge in [0.1, 0.15) is 6.61 Å². The third-order valence-electron chi connectivity index (χ3n) is 3.36. The number of rotatable bonds is 9. The summed E-state index contributed by atoms with van der Waals surface area (Å²) in [6.45, 7) is 0.506. The second kappa shape index (κ2) is 8.39. The molecule has 1 atom stereocenters. The molecule has 0 saturated heterocycles. The Labute approximate surface area is 124 Å². The van der Waals surface area contributed by atoms with Crippen LogP contribution >= 0.6 is 0 Å². The lowest BCUT2D eigenvalue weighted by molar-refractivity contribution is -0.164. The van der Waals surface area contributed by atoms with Crippen molar-refractivity contribution >= 4 is 11.9 Å². The molecule has 1 aromatic rings. The highest BCUT2D eigenvalue weighted by Crippen LogP contribution is 2.18. The number of carboxylic acid groups (broad SMARTS) is 1. The predicted octanol–water partition coefficient (Wildman–Crippen LogP) is 0.902. The number of benzene rings is 1. The summed E-state index contributed by atoms with van der Waals surface area (Å²) in [5.74, 6) is -2.02. The maximum absolute atomic E-state index is 12.2. The maximum atomic E-state index is 12.2. The van der Waals surface area contributed by atoms with Crippen molar-refractivity contribution in [1.29, 1.82) is 0 Å². The van der Waals surface area contributed by atoms with E-state index in [-0.39, 0.29) is 13.0 Å². The van der Waals surface area contributed by atoms with Crippen LogP contribution in [0.15, 0.2) is 30.3 Å². The number of carbonyl (C=O) groups is 2. The van der Waals surface area contributed by atoms with Gasteiger partial charge >= 0.3 is 11.9 Å². The zero-order valence-electron chi connectivity index (χ0n) is 12.2. The first kappa shape index (κ1) is 17.1. The van der Waals surface area contributed by atoms with Crippen molar-refractivity contribution in [3.63, 3.8) is 0 Å². The van der Waals surface area contributed by atoms with Crippen LogP contribution in [0.2, 0.25) is 0 Å². The number of hydrogen-bond acceptors (Lipinski definition) is 5. The van der Waals surface area contributed by atoms with Crippen molar-refractivity contribution in [2.75, 3.05) is 13.6 Å². The van der Waals surface area contributed by atoms with E-state index in [1.54, 1.807) is 0 Å². The lowest BCUT2D eigenvalue weighted by Gasteiger charge is -2.26. The van der Waals surface area contributed by atoms with Crippen LogP contribution in [0.4, 0.5) is 0 Å². The van der Waals surface area contributed by atoms with E-state index < -0.39 is 17.5 Å². The van der Waals surface area contributed by atoms with Crippen LogP contribution in [0, 0.1) is 0 Å². The van der Waals surface area contributed by atoms with Gasteiger partial charge in [0.05, 0.1) is 0 Å². The van der Waals surface area contributed by atoms with Gasteiger partial charge in [-0.2, -0.15) is 0 Å². The number of nitrogens with one attached hydrogen (secondary N) is 1. The van der Waals surface area contributed by atoms with E-state index in [0.717, 1.165) is 5.56 Å². The fourth-order valence-corrected chi connectivity index (χ4v) is 2.01. The lowest BCUT2D eigenvalue weighted by Crippen LogP contribution is -2.57. The molecule has 0 amide bonds. The summed E-state index contributed by atoms with van der Waals surface area (Å²) in [7, 11) is 1.44. The molecule has 0 aliphatic heterocycles. The average molecular weight is 294 g/mol. The van der Waals surface area contributed by atoms with Crippen molar-refractivity contribution in [1.82, 2.24) is 5.32 Å². The molecule has 0 saturated carbocycles. The number of nitrogens with two attached hydrogens (primary N) is 1. The first-order valence-corrected chi connectivity index (χ1v) is 6.90. The molecule has 116 valence electrons. The second-order valence-electron chi connectivity index (χ2n) is 4.77. The molecule has 0 heterocycles. The highest BCUT2D eigenvalue weighted by molar-refractivity contribution is 6.04. The van der Waals surface area contributed by atoms with Gasteiger partial charge in [-0.05, 0) is 38.4 Å². The van der Waals surface area contributed by atoms with E-state index in [9.17, 15) is 14.7 Å². The van der Waals surface area contributed by atoms with Gasteiger partial charge < -0.3 is 15.6 Å². The fraction of sp³-hybridized carbons (Fsp3) is 0.467. The molecule has 0 bridgehead atoms. The van der Waals surface area contributed by atoms with E-state index >= 15 is 0 Å². The molecule has 6 heteroatoms. The lowest BCUT2D eigenvalue weighted by atomic mass is 9.92. The maximum Gasteiger partial charge on any atom is 0.338 e. The predicted molar refractivity (Wildman–Crippen MR) is 78.6 cm³/mol. The molecule has 0 radical (unpaired) electrons. The number of carbonyl (C=O) groups excluding carboxylic acids is 1. The smallest absolute Gasteiger partial charge is 0.338 e. The number of ether oxygens (including phenoxy) is 1. The molecule has 0 aromatic heterocycles. The van der Waals surface area contributed by atoms with Crippen LogP contribution in [0.5, 0.6) is 0 Å². The Morgan fingerprint density at radius 3 is 2.48 bits per heavy atom. The second-order valence-corrected chi connectivity index (χ2v) is 4.77. The van der Waals surface area contributed by atoms with E-state index in [1.165, 1.54) is 7.05 Å². The number of aliphatic carboxylic acids is 1. The minimum absolute atomic E-state index is 0.0489. The monoisotopic (exact) mass is 294 g/mol. The third-order valence-corrected chi connectivity index (χ3v) is 3.36. The normalized spacial score (nSPS) is 13.4. The summed E-state index contributed by atoms with van der Waals surface area (Å²) < 4.78 is 5.16. The van der Waals surface area contributed by atoms with Crippen LogP contribution in [0.25, 0.3) is 0 Å². The highest BCUT2D eigenvalue weighted by Gasteiger charge is 2.46. The number of hydrogen-bond donors (Lipinski definition) is 3. The van der Waals surface area contributed by atoms with Crippen LogP contribution in [-0.4, -0.2) is 36.2 Å². The van der Waals surface area contributed by atoms with Gasteiger partial charge in [0, 0.05) is 0 Å². The quantitative estimate of drug-likeness (QED) is 0.355. The fourth-order valence-electron chi connectivity index (χ4n) is 2.01. The first-order valence-electron chi connectivity index (χ1n) is 6.90. The number of esters is 1. The van der Waals surface area contributed by atoms with Crippen molar-refractivity contribution in [2.24, 2.45) is 5.73 Å². The summed E-state index contributed by atoms with van der Waals surface area (Å²) in [4.78, 5) is 23.7. The molecule has 21 heavy (non-hydrogen) atoms. The van der Waals surface area contributed by atoms with E-state index in [2.05, 4.69) is 5.32 Å². The van der Waals surface area contributed by atoms with Gasteiger partial charge in [0.25, 0.3) is 0 Å². The molecule has 0 spiro atoms. The van der Waals surface area contributed by atoms with Crippen molar-refractivity contribution in [3.05, 3.63) is 35.9 Å². The Morgan fingerprint density at radius 2 is 1.95 bits per heavy atom. The van der Waals surface area contributed by atoms with Gasteiger partial charge in [0.15, 0.2) is 0 Å². The minimum Gasteiger partial charge on any atom is -0.479 e. The summed E-state index contributed by atoms with van der Waals surface area (Å²) in [6.07, 6.45) is 1.33. The molecule has 1 aromatic carbocycles. The van der Waals surface area contributed by atoms with Gasteiger partial charge in [-0.25, -0.2) is 9.59 Å². The van der Waals surface area contributed by atoms with Crippen LogP contribution in [-0.2, 0) is 20.9 Å². The molecule has 0 unspecified atom stereocenters. The minimum atomic E-state index is -1.72. The van der Waals surface area contributed by atoms with Gasteiger partial charge in [-0.3, -0.25) is 5.32 Å². The number of unbranched alkanes of at least 4 members (excludes halogenated alkanes) is 1. The molecule has 0 aliphatic carbocycles. The molecule has 6 nitrogen and oxygen atoms in total. The van der Waals surface area contributed by atoms with Crippen LogP contribution in [0.1, 0.15) is 24.8 Å². The zero-order chi connectivity index (χ0) is 15.7. The molecular formula is C15H22N2O4. The highest BCUT2D eigenvalue weighted by atomic mass is 16.5. The SMILES string of the molecule is CN[C@@](CCCCN)(C(=O)O)C(=O)OCc1ccccc1. The summed E-state index contributed by atoms with van der Waals surface area (Å²) >= 11 is 0. The molecule has 0 aliphatic rings. The van der Waals surface area contributed by atoms with E-state index in [4.69, 9.17) is 10.5 Å². The van der Waals surface area contributed by atoms with Crippen molar-refractivity contribution < 1.29 is 19.4 Å². The largest absolute Gasteiger partial charge is 0.479 e. The van der Waals surface area contributed by atoms with Crippen LogP contribution in [0.3, 0.4) is 0 Å². The summed E-state index contributed by atoms with van der Waals surface area (Å²) in [5.41, 5.74) is 4.49. The van der Waals surface area contributed by atoms with Crippen molar-refractivity contribution in [2.45, 2.75) is 31.4 Å². The molecular weight excluding hydrogens is 272 g/mol. The average Bonchev–Trinajstić information content (AvgIpc) is 2.50. The van der Waals surface area contributed by atoms with Gasteiger partial charge in [-0.15, -0.1) is 0 Å². The Bertz CT molecular complexity index is 464. The Balaban J connectivity index is 2.73. The first-order chi connectivity index (χ1) is 10.1. The van der Waals surface area contributed by atoms with Crippen molar-refractivity contribution in [3.8, 4) is 0 Å². The summed E-state index contributed by atoms with van der Waals surface area (Å²) in [5, 5.41) is 12.0. The zero-order valence-corrected chi connectivity index (χ0v) is 12.2. The Hall–Kier alpha value is -1.92. The van der Waals surface area contributed by atoms with Gasteiger partial charge in [-0.1, -0.05) is 30.3 Å². The molecule has 1 rings (SSSR count). The van der Waals surface area contributed by atoms with E-state index in [0.29, 0.717) is 19.4 Å². The molecule has 4 N–H and O–H groups in total. The van der Waals surface area contributed by atoms with Gasteiger partial charge in [0.2, 0.25) is 5.54 Å². The number of carboxylic acids is 1. The Morgan fingerprint density at radius 1 is 1.29 bits per heavy atom. The Kier molecular flexibility index (Phi) is 6.84. The number of likely N-dealkylation sites (N-methyl/N-ethyl adjacent to an activating group) is 1. The summed E-state index contributed by atoms with van der Waals surface area (Å²) in [6, 6.07) is 9.13. The third kappa shape index (κ3) is 4.54. The van der Waals surface area contributed by atoms with Crippen LogP contribution < -0.4 is 11.1 Å².